The van der Waals surface area contributed by atoms with Crippen LogP contribution in [0.15, 0.2) is 35.3 Å². The van der Waals surface area contributed by atoms with Crippen molar-refractivity contribution in [1.82, 2.24) is 0 Å². The van der Waals surface area contributed by atoms with Crippen LogP contribution in [0.3, 0.4) is 0 Å². The summed E-state index contributed by atoms with van der Waals surface area (Å²) in [5, 5.41) is 0. The minimum absolute atomic E-state index is 0.0942. The lowest BCUT2D eigenvalue weighted by Crippen LogP contribution is -2.32. The minimum Gasteiger partial charge on any atom is -0.211 e. The fraction of sp³-hybridized carbons (Fsp3) is 0.500. The Morgan fingerprint density at radius 3 is 2.44 bits per heavy atom. The third-order valence-corrected chi connectivity index (χ3v) is 3.64. The number of hydrogen-bond acceptors (Lipinski definition) is 2. The van der Waals surface area contributed by atoms with Gasteiger partial charge in [-0.3, -0.25) is 0 Å². The van der Waals surface area contributed by atoms with Gasteiger partial charge >= 0.3 is 0 Å². The van der Waals surface area contributed by atoms with E-state index < -0.39 is 0 Å². The zero-order valence-electron chi connectivity index (χ0n) is 9.48. The van der Waals surface area contributed by atoms with Crippen LogP contribution in [0.25, 0.3) is 0 Å². The molecule has 1 aliphatic carbocycles. The van der Waals surface area contributed by atoms with Gasteiger partial charge in [-0.2, -0.15) is 0 Å². The second-order valence-corrected chi connectivity index (χ2v) is 4.61. The van der Waals surface area contributed by atoms with Gasteiger partial charge in [0, 0.05) is 5.41 Å². The molecule has 1 aromatic carbocycles. The molecule has 1 aliphatic rings. The van der Waals surface area contributed by atoms with Crippen LogP contribution in [0.1, 0.15) is 37.7 Å². The van der Waals surface area contributed by atoms with E-state index in [1.165, 1.54) is 24.8 Å². The summed E-state index contributed by atoms with van der Waals surface area (Å²) in [6.45, 7) is 0.598. The van der Waals surface area contributed by atoms with Crippen LogP contribution in [0, 0.1) is 0 Å². The largest absolute Gasteiger partial charge is 0.234 e. The first kappa shape index (κ1) is 11.1. The summed E-state index contributed by atoms with van der Waals surface area (Å²) in [7, 11) is 0. The first-order valence-electron chi connectivity index (χ1n) is 5.97. The molecule has 0 N–H and O–H groups in total. The molecule has 84 valence electrons. The molecule has 16 heavy (non-hydrogen) atoms. The van der Waals surface area contributed by atoms with Gasteiger partial charge in [0.15, 0.2) is 0 Å². The quantitative estimate of drug-likeness (QED) is 0.562. The normalized spacial score (nSPS) is 18.8. The standard InChI is InChI=1S/C14H17NO/c16-12-15-11-14(9-5-2-6-10-14)13-7-3-1-4-8-13/h1,3-4,7-8H,2,5-6,9-11H2. The van der Waals surface area contributed by atoms with Gasteiger partial charge < -0.3 is 0 Å². The zero-order chi connectivity index (χ0) is 11.3. The number of aliphatic imine (C=N–C) groups is 1. The molecule has 0 radical (unpaired) electrons. The summed E-state index contributed by atoms with van der Waals surface area (Å²) in [5.41, 5.74) is 1.42. The van der Waals surface area contributed by atoms with Crippen molar-refractivity contribution < 1.29 is 4.79 Å². The zero-order valence-corrected chi connectivity index (χ0v) is 9.48. The second-order valence-electron chi connectivity index (χ2n) is 4.61. The van der Waals surface area contributed by atoms with E-state index in [0.717, 1.165) is 12.8 Å². The van der Waals surface area contributed by atoms with Gasteiger partial charge in [-0.25, -0.2) is 9.79 Å². The molecule has 1 aromatic rings. The first-order chi connectivity index (χ1) is 7.87. The fourth-order valence-electron chi connectivity index (χ4n) is 2.74. The summed E-state index contributed by atoms with van der Waals surface area (Å²) in [5.74, 6) is 0. The van der Waals surface area contributed by atoms with E-state index in [-0.39, 0.29) is 5.41 Å². The monoisotopic (exact) mass is 215 g/mol. The molecule has 0 unspecified atom stereocenters. The smallest absolute Gasteiger partial charge is 0.211 e. The molecule has 0 bridgehead atoms. The predicted octanol–water partition coefficient (Wildman–Crippen LogP) is 3.22. The highest BCUT2D eigenvalue weighted by Crippen LogP contribution is 2.39. The molecule has 2 nitrogen and oxygen atoms in total. The molecule has 0 heterocycles. The van der Waals surface area contributed by atoms with Gasteiger partial charge in [-0.15, -0.1) is 0 Å². The molecule has 0 aliphatic heterocycles. The van der Waals surface area contributed by atoms with Crippen LogP contribution < -0.4 is 0 Å². The SMILES string of the molecule is O=C=NCC1(c2ccccc2)CCCCC1. The van der Waals surface area contributed by atoms with E-state index in [2.05, 4.69) is 29.3 Å². The number of isocyanates is 1. The Labute approximate surface area is 96.4 Å². The Morgan fingerprint density at radius 2 is 1.81 bits per heavy atom. The van der Waals surface area contributed by atoms with Crippen LogP contribution in [0.4, 0.5) is 0 Å². The van der Waals surface area contributed by atoms with Gasteiger partial charge in [-0.05, 0) is 18.4 Å². The summed E-state index contributed by atoms with van der Waals surface area (Å²) in [6, 6.07) is 10.5. The van der Waals surface area contributed by atoms with E-state index in [1.54, 1.807) is 6.08 Å². The number of benzene rings is 1. The first-order valence-corrected chi connectivity index (χ1v) is 5.97. The molecular formula is C14H17NO. The van der Waals surface area contributed by atoms with Crippen LogP contribution in [-0.4, -0.2) is 12.6 Å². The van der Waals surface area contributed by atoms with E-state index in [4.69, 9.17) is 0 Å². The highest BCUT2D eigenvalue weighted by molar-refractivity contribution is 5.35. The van der Waals surface area contributed by atoms with Crippen LogP contribution >= 0.6 is 0 Å². The summed E-state index contributed by atoms with van der Waals surface area (Å²) >= 11 is 0. The third-order valence-electron chi connectivity index (χ3n) is 3.64. The topological polar surface area (TPSA) is 29.4 Å². The van der Waals surface area contributed by atoms with Crippen molar-refractivity contribution in [2.75, 3.05) is 6.54 Å². The van der Waals surface area contributed by atoms with E-state index in [0.29, 0.717) is 6.54 Å². The lowest BCUT2D eigenvalue weighted by atomic mass is 9.69. The van der Waals surface area contributed by atoms with Crippen LogP contribution in [-0.2, 0) is 10.2 Å². The average molecular weight is 215 g/mol. The summed E-state index contributed by atoms with van der Waals surface area (Å²) < 4.78 is 0. The molecule has 1 fully saturated rings. The third kappa shape index (κ3) is 2.23. The Morgan fingerprint density at radius 1 is 1.12 bits per heavy atom. The van der Waals surface area contributed by atoms with Crippen molar-refractivity contribution in [3.05, 3.63) is 35.9 Å². The van der Waals surface area contributed by atoms with Gasteiger partial charge in [0.2, 0.25) is 6.08 Å². The molecule has 2 rings (SSSR count). The molecule has 0 amide bonds. The maximum Gasteiger partial charge on any atom is 0.234 e. The number of nitrogens with zero attached hydrogens (tertiary/aromatic N) is 1. The highest BCUT2D eigenvalue weighted by Gasteiger charge is 2.33. The Balaban J connectivity index is 2.29. The van der Waals surface area contributed by atoms with Crippen LogP contribution in [0.5, 0.6) is 0 Å². The summed E-state index contributed by atoms with van der Waals surface area (Å²) in [4.78, 5) is 14.2. The van der Waals surface area contributed by atoms with Gasteiger partial charge in [0.25, 0.3) is 0 Å². The molecule has 0 atom stereocenters. The maximum absolute atomic E-state index is 10.3. The van der Waals surface area contributed by atoms with E-state index >= 15 is 0 Å². The molecule has 1 saturated carbocycles. The predicted molar refractivity (Wildman–Crippen MR) is 64.2 cm³/mol. The molecule has 0 aromatic heterocycles. The van der Waals surface area contributed by atoms with Gasteiger partial charge in [0.1, 0.15) is 0 Å². The van der Waals surface area contributed by atoms with Crippen molar-refractivity contribution in [3.8, 4) is 0 Å². The Hall–Kier alpha value is -1.40. The second kappa shape index (κ2) is 5.09. The fourth-order valence-corrected chi connectivity index (χ4v) is 2.74. The van der Waals surface area contributed by atoms with Gasteiger partial charge in [-0.1, -0.05) is 49.6 Å². The van der Waals surface area contributed by atoms with E-state index in [1.807, 2.05) is 6.07 Å². The Kier molecular flexibility index (Phi) is 3.53. The van der Waals surface area contributed by atoms with Crippen molar-refractivity contribution in [2.24, 2.45) is 4.99 Å². The van der Waals surface area contributed by atoms with Crippen LogP contribution in [0.2, 0.25) is 0 Å². The summed E-state index contributed by atoms with van der Waals surface area (Å²) in [6.07, 6.45) is 7.75. The minimum atomic E-state index is 0.0942. The maximum atomic E-state index is 10.3. The highest BCUT2D eigenvalue weighted by atomic mass is 16.1. The number of hydrogen-bond donors (Lipinski definition) is 0. The lowest BCUT2D eigenvalue weighted by molar-refractivity contribution is 0.301. The van der Waals surface area contributed by atoms with Crippen molar-refractivity contribution in [1.29, 1.82) is 0 Å². The van der Waals surface area contributed by atoms with E-state index in [9.17, 15) is 4.79 Å². The van der Waals surface area contributed by atoms with Gasteiger partial charge in [0.05, 0.1) is 6.54 Å². The molecular weight excluding hydrogens is 198 g/mol. The average Bonchev–Trinajstić information content (AvgIpc) is 2.38. The molecule has 2 heteroatoms. The number of carbonyl (C=O) groups excluding carboxylic acids is 1. The van der Waals surface area contributed by atoms with Crippen molar-refractivity contribution in [3.63, 3.8) is 0 Å². The molecule has 0 spiro atoms. The lowest BCUT2D eigenvalue weighted by Gasteiger charge is -2.36. The Bertz CT molecular complexity index is 373. The van der Waals surface area contributed by atoms with Crippen molar-refractivity contribution >= 4 is 6.08 Å². The molecule has 0 saturated heterocycles. The number of rotatable bonds is 3. The van der Waals surface area contributed by atoms with Crippen molar-refractivity contribution in [2.45, 2.75) is 37.5 Å².